The van der Waals surface area contributed by atoms with E-state index >= 15 is 0 Å². The molecule has 1 unspecified atom stereocenters. The van der Waals surface area contributed by atoms with Gasteiger partial charge in [-0.3, -0.25) is 4.79 Å². The van der Waals surface area contributed by atoms with E-state index in [0.717, 1.165) is 0 Å². The molecule has 0 aliphatic carbocycles. The minimum atomic E-state index is -0.731. The molecule has 86 valence electrons. The van der Waals surface area contributed by atoms with Crippen molar-refractivity contribution >= 4 is 5.78 Å². The number of benzene rings is 1. The summed E-state index contributed by atoms with van der Waals surface area (Å²) >= 11 is 0. The first kappa shape index (κ1) is 10.8. The summed E-state index contributed by atoms with van der Waals surface area (Å²) in [6.07, 6.45) is 0. The Bertz CT molecular complexity index is 478. The highest BCUT2D eigenvalue weighted by Gasteiger charge is 2.42. The minimum Gasteiger partial charge on any atom is -0.504 e. The fraction of sp³-hybridized carbons (Fsp3) is 0.417. The number of fused-ring (bicyclic) bond motifs is 1. The van der Waals surface area contributed by atoms with Gasteiger partial charge in [-0.2, -0.15) is 0 Å². The average Bonchev–Trinajstić information content (AvgIpc) is 2.55. The van der Waals surface area contributed by atoms with Crippen LogP contribution in [0.1, 0.15) is 25.0 Å². The molecule has 1 aliphatic rings. The van der Waals surface area contributed by atoms with E-state index in [1.165, 1.54) is 13.0 Å². The molecule has 1 aromatic rings. The van der Waals surface area contributed by atoms with Gasteiger partial charge in [0.1, 0.15) is 18.1 Å². The SMILES string of the molecule is CC(=O)C1(C)COc2c1cc(O)c(O)c2C. The van der Waals surface area contributed by atoms with Crippen LogP contribution in [-0.4, -0.2) is 22.6 Å². The molecule has 0 bridgehead atoms. The molecular formula is C12H14O4. The number of carbonyl (C=O) groups excluding carboxylic acids is 1. The molecule has 0 spiro atoms. The van der Waals surface area contributed by atoms with Crippen LogP contribution in [0.3, 0.4) is 0 Å². The Kier molecular flexibility index (Phi) is 2.12. The maximum absolute atomic E-state index is 11.6. The van der Waals surface area contributed by atoms with Crippen molar-refractivity contribution in [2.75, 3.05) is 6.61 Å². The molecule has 0 fully saturated rings. The van der Waals surface area contributed by atoms with Gasteiger partial charge in [0.05, 0.1) is 5.41 Å². The fourth-order valence-corrected chi connectivity index (χ4v) is 1.95. The molecule has 0 amide bonds. The molecule has 16 heavy (non-hydrogen) atoms. The minimum absolute atomic E-state index is 0.0178. The first-order chi connectivity index (χ1) is 7.38. The zero-order valence-corrected chi connectivity index (χ0v) is 9.50. The maximum Gasteiger partial charge on any atom is 0.164 e. The van der Waals surface area contributed by atoms with Crippen LogP contribution in [0.15, 0.2) is 6.07 Å². The lowest BCUT2D eigenvalue weighted by Crippen LogP contribution is -2.32. The summed E-state index contributed by atoms with van der Waals surface area (Å²) in [5.74, 6) is 0.0875. The molecule has 1 aromatic carbocycles. The van der Waals surface area contributed by atoms with Gasteiger partial charge in [-0.1, -0.05) is 0 Å². The van der Waals surface area contributed by atoms with Crippen LogP contribution in [0, 0.1) is 6.92 Å². The Morgan fingerprint density at radius 1 is 1.50 bits per heavy atom. The van der Waals surface area contributed by atoms with Crippen LogP contribution in [0.4, 0.5) is 0 Å². The highest BCUT2D eigenvalue weighted by Crippen LogP contribution is 2.47. The Hall–Kier alpha value is -1.71. The summed E-state index contributed by atoms with van der Waals surface area (Å²) in [6.45, 7) is 5.18. The monoisotopic (exact) mass is 222 g/mol. The van der Waals surface area contributed by atoms with Crippen LogP contribution in [-0.2, 0) is 10.2 Å². The van der Waals surface area contributed by atoms with Gasteiger partial charge in [-0.15, -0.1) is 0 Å². The zero-order valence-electron chi connectivity index (χ0n) is 9.50. The van der Waals surface area contributed by atoms with Crippen molar-refractivity contribution in [1.29, 1.82) is 0 Å². The van der Waals surface area contributed by atoms with Gasteiger partial charge in [-0.25, -0.2) is 0 Å². The smallest absolute Gasteiger partial charge is 0.164 e. The van der Waals surface area contributed by atoms with Gasteiger partial charge in [0.2, 0.25) is 0 Å². The lowest BCUT2D eigenvalue weighted by Gasteiger charge is -2.18. The number of carbonyl (C=O) groups is 1. The Balaban J connectivity index is 2.70. The van der Waals surface area contributed by atoms with Crippen molar-refractivity contribution in [3.63, 3.8) is 0 Å². The highest BCUT2D eigenvalue weighted by atomic mass is 16.5. The standard InChI is InChI=1S/C12H14O4/c1-6-10(15)9(14)4-8-11(6)16-5-12(8,3)7(2)13/h4,14-15H,5H2,1-3H3. The van der Waals surface area contributed by atoms with E-state index in [4.69, 9.17) is 4.74 Å². The first-order valence-electron chi connectivity index (χ1n) is 5.08. The number of Topliss-reactive ketones (excluding diaryl/α,β-unsaturated/α-hetero) is 1. The third-order valence-corrected chi connectivity index (χ3v) is 3.34. The van der Waals surface area contributed by atoms with Crippen molar-refractivity contribution in [2.45, 2.75) is 26.2 Å². The number of hydrogen-bond donors (Lipinski definition) is 2. The van der Waals surface area contributed by atoms with Crippen molar-refractivity contribution in [1.82, 2.24) is 0 Å². The Morgan fingerprint density at radius 2 is 2.12 bits per heavy atom. The van der Waals surface area contributed by atoms with E-state index in [0.29, 0.717) is 16.9 Å². The lowest BCUT2D eigenvalue weighted by molar-refractivity contribution is -0.122. The van der Waals surface area contributed by atoms with E-state index in [1.54, 1.807) is 13.8 Å². The van der Waals surface area contributed by atoms with Crippen molar-refractivity contribution in [3.8, 4) is 17.2 Å². The van der Waals surface area contributed by atoms with Gasteiger partial charge >= 0.3 is 0 Å². The van der Waals surface area contributed by atoms with Crippen LogP contribution >= 0.6 is 0 Å². The van der Waals surface area contributed by atoms with E-state index in [-0.39, 0.29) is 23.9 Å². The second-order valence-corrected chi connectivity index (χ2v) is 4.42. The van der Waals surface area contributed by atoms with Gasteiger partial charge in [-0.05, 0) is 26.8 Å². The second-order valence-electron chi connectivity index (χ2n) is 4.42. The molecular weight excluding hydrogens is 208 g/mol. The number of aromatic hydroxyl groups is 2. The Labute approximate surface area is 93.5 Å². The molecule has 2 N–H and O–H groups in total. The van der Waals surface area contributed by atoms with Crippen molar-refractivity contribution < 1.29 is 19.7 Å². The molecule has 0 saturated carbocycles. The molecule has 2 rings (SSSR count). The quantitative estimate of drug-likeness (QED) is 0.709. The second kappa shape index (κ2) is 3.14. The molecule has 4 heteroatoms. The van der Waals surface area contributed by atoms with Gasteiger partial charge < -0.3 is 14.9 Å². The average molecular weight is 222 g/mol. The number of phenols is 2. The normalized spacial score (nSPS) is 22.7. The van der Waals surface area contributed by atoms with E-state index in [2.05, 4.69) is 0 Å². The van der Waals surface area contributed by atoms with Crippen molar-refractivity contribution in [3.05, 3.63) is 17.2 Å². The molecule has 1 heterocycles. The predicted molar refractivity (Wildman–Crippen MR) is 58.0 cm³/mol. The molecule has 4 nitrogen and oxygen atoms in total. The number of ketones is 1. The van der Waals surface area contributed by atoms with E-state index in [9.17, 15) is 15.0 Å². The number of ether oxygens (including phenoxy) is 1. The van der Waals surface area contributed by atoms with Crippen LogP contribution in [0.5, 0.6) is 17.2 Å². The summed E-state index contributed by atoms with van der Waals surface area (Å²) in [6, 6.07) is 1.41. The van der Waals surface area contributed by atoms with Crippen LogP contribution < -0.4 is 4.74 Å². The molecule has 1 aliphatic heterocycles. The summed E-state index contributed by atoms with van der Waals surface area (Å²) < 4.78 is 5.45. The predicted octanol–water partition coefficient (Wildman–Crippen LogP) is 1.65. The van der Waals surface area contributed by atoms with Crippen LogP contribution in [0.25, 0.3) is 0 Å². The molecule has 1 atom stereocenters. The molecule has 0 radical (unpaired) electrons. The summed E-state index contributed by atoms with van der Waals surface area (Å²) in [5, 5.41) is 19.1. The summed E-state index contributed by atoms with van der Waals surface area (Å²) in [4.78, 5) is 11.6. The van der Waals surface area contributed by atoms with Crippen molar-refractivity contribution in [2.24, 2.45) is 0 Å². The third kappa shape index (κ3) is 1.19. The molecule has 0 saturated heterocycles. The first-order valence-corrected chi connectivity index (χ1v) is 5.08. The van der Waals surface area contributed by atoms with E-state index in [1.807, 2.05) is 0 Å². The topological polar surface area (TPSA) is 66.8 Å². The fourth-order valence-electron chi connectivity index (χ4n) is 1.95. The largest absolute Gasteiger partial charge is 0.504 e. The number of hydrogen-bond acceptors (Lipinski definition) is 4. The van der Waals surface area contributed by atoms with Gasteiger partial charge in [0, 0.05) is 11.1 Å². The lowest BCUT2D eigenvalue weighted by atomic mass is 9.80. The summed E-state index contributed by atoms with van der Waals surface area (Å²) in [7, 11) is 0. The number of rotatable bonds is 1. The highest BCUT2D eigenvalue weighted by molar-refractivity contribution is 5.90. The number of phenolic OH excluding ortho intramolecular Hbond substituents is 2. The maximum atomic E-state index is 11.6. The van der Waals surface area contributed by atoms with Gasteiger partial charge in [0.15, 0.2) is 11.5 Å². The van der Waals surface area contributed by atoms with Gasteiger partial charge in [0.25, 0.3) is 0 Å². The molecule has 0 aromatic heterocycles. The Morgan fingerprint density at radius 3 is 2.69 bits per heavy atom. The van der Waals surface area contributed by atoms with Crippen LogP contribution in [0.2, 0.25) is 0 Å². The third-order valence-electron chi connectivity index (χ3n) is 3.34. The summed E-state index contributed by atoms with van der Waals surface area (Å²) in [5.41, 5.74) is 0.387. The zero-order chi connectivity index (χ0) is 12.1. The van der Waals surface area contributed by atoms with E-state index < -0.39 is 5.41 Å².